The molecule has 0 atom stereocenters. The number of unbranched alkanes of at least 4 members (excludes halogenated alkanes) is 1. The maximum Gasteiger partial charge on any atom is 0.281 e. The van der Waals surface area contributed by atoms with Crippen LogP contribution in [0.3, 0.4) is 0 Å². The molecule has 0 amide bonds. The van der Waals surface area contributed by atoms with E-state index in [-0.39, 0.29) is 0 Å². The van der Waals surface area contributed by atoms with Gasteiger partial charge in [0.2, 0.25) is 0 Å². The zero-order valence-corrected chi connectivity index (χ0v) is 13.0. The second-order valence-corrected chi connectivity index (χ2v) is 7.09. The van der Waals surface area contributed by atoms with Crippen LogP contribution in [0.4, 0.5) is 0 Å². The molecule has 0 bridgehead atoms. The second kappa shape index (κ2) is 7.68. The van der Waals surface area contributed by atoms with Crippen LogP contribution in [0.2, 0.25) is 0 Å². The van der Waals surface area contributed by atoms with Crippen LogP contribution in [-0.4, -0.2) is 49.1 Å². The van der Waals surface area contributed by atoms with Crippen molar-refractivity contribution < 1.29 is 8.42 Å². The first-order valence-corrected chi connectivity index (χ1v) is 8.80. The molecule has 1 rings (SSSR count). The molecule has 1 fully saturated rings. The number of hydrogen-bond donors (Lipinski definition) is 0. The average molecular weight is 297 g/mol. The number of rotatable bonds is 7. The minimum atomic E-state index is -3.25. The third-order valence-corrected chi connectivity index (χ3v) is 6.11. The molecule has 0 aromatic carbocycles. The fourth-order valence-corrected chi connectivity index (χ4v) is 4.22. The highest BCUT2D eigenvalue weighted by atomic mass is 35.5. The van der Waals surface area contributed by atoms with Gasteiger partial charge in [0.25, 0.3) is 10.2 Å². The van der Waals surface area contributed by atoms with Crippen LogP contribution in [0.25, 0.3) is 0 Å². The number of piperidine rings is 1. The van der Waals surface area contributed by atoms with Gasteiger partial charge in [-0.25, -0.2) is 0 Å². The molecule has 6 heteroatoms. The normalized spacial score (nSPS) is 19.6. The van der Waals surface area contributed by atoms with Crippen molar-refractivity contribution in [3.8, 4) is 0 Å². The number of halogens is 1. The summed E-state index contributed by atoms with van der Waals surface area (Å²) in [4.78, 5) is 0. The van der Waals surface area contributed by atoms with Gasteiger partial charge in [-0.1, -0.05) is 20.3 Å². The smallest absolute Gasteiger partial charge is 0.195 e. The summed E-state index contributed by atoms with van der Waals surface area (Å²) in [5, 5.41) is 0. The summed E-state index contributed by atoms with van der Waals surface area (Å²) in [5.41, 5.74) is 0. The number of nitrogens with zero attached hydrogens (tertiary/aromatic N) is 2. The van der Waals surface area contributed by atoms with Gasteiger partial charge < -0.3 is 0 Å². The van der Waals surface area contributed by atoms with Crippen LogP contribution < -0.4 is 0 Å². The molecule has 108 valence electrons. The maximum absolute atomic E-state index is 12.4. The van der Waals surface area contributed by atoms with Gasteiger partial charge in [-0.2, -0.15) is 17.0 Å². The molecule has 0 aliphatic carbocycles. The first-order valence-electron chi connectivity index (χ1n) is 6.87. The largest absolute Gasteiger partial charge is 0.281 e. The van der Waals surface area contributed by atoms with E-state index in [9.17, 15) is 8.42 Å². The molecule has 0 unspecified atom stereocenters. The minimum Gasteiger partial charge on any atom is -0.195 e. The Morgan fingerprint density at radius 1 is 1.28 bits per heavy atom. The SMILES string of the molecule is CCCCN(CC)S(=O)(=O)N1CCC(CCl)CC1. The topological polar surface area (TPSA) is 40.6 Å². The van der Waals surface area contributed by atoms with Crippen molar-refractivity contribution in [2.75, 3.05) is 32.1 Å². The average Bonchev–Trinajstić information content (AvgIpc) is 2.39. The van der Waals surface area contributed by atoms with Crippen molar-refractivity contribution in [1.29, 1.82) is 0 Å². The third-order valence-electron chi connectivity index (χ3n) is 3.56. The molecule has 0 radical (unpaired) electrons. The van der Waals surface area contributed by atoms with Gasteiger partial charge in [0.05, 0.1) is 0 Å². The van der Waals surface area contributed by atoms with Gasteiger partial charge in [0.1, 0.15) is 0 Å². The molecular weight excluding hydrogens is 272 g/mol. The standard InChI is InChI=1S/C12H25ClN2O2S/c1-3-5-8-14(4-2)18(16,17)15-9-6-12(11-13)7-10-15/h12H,3-11H2,1-2H3. The summed E-state index contributed by atoms with van der Waals surface area (Å²) in [6, 6.07) is 0. The first kappa shape index (κ1) is 16.2. The van der Waals surface area contributed by atoms with E-state index >= 15 is 0 Å². The Hall–Kier alpha value is 0.160. The van der Waals surface area contributed by atoms with E-state index in [1.54, 1.807) is 8.61 Å². The monoisotopic (exact) mass is 296 g/mol. The lowest BCUT2D eigenvalue weighted by Gasteiger charge is -2.34. The molecule has 1 aliphatic heterocycles. The van der Waals surface area contributed by atoms with Crippen molar-refractivity contribution in [2.45, 2.75) is 39.5 Å². The zero-order chi connectivity index (χ0) is 13.6. The Labute approximate surface area is 116 Å². The van der Waals surface area contributed by atoms with Crippen LogP contribution in [0.1, 0.15) is 39.5 Å². The van der Waals surface area contributed by atoms with E-state index < -0.39 is 10.2 Å². The Kier molecular flexibility index (Phi) is 6.92. The van der Waals surface area contributed by atoms with Gasteiger partial charge in [-0.3, -0.25) is 0 Å². The summed E-state index contributed by atoms with van der Waals surface area (Å²) in [7, 11) is -3.25. The zero-order valence-electron chi connectivity index (χ0n) is 11.4. The molecule has 0 N–H and O–H groups in total. The lowest BCUT2D eigenvalue weighted by Crippen LogP contribution is -2.47. The number of hydrogen-bond acceptors (Lipinski definition) is 2. The van der Waals surface area contributed by atoms with E-state index in [2.05, 4.69) is 6.92 Å². The van der Waals surface area contributed by atoms with Crippen molar-refractivity contribution in [3.05, 3.63) is 0 Å². The van der Waals surface area contributed by atoms with Gasteiger partial charge in [-0.15, -0.1) is 11.6 Å². The Morgan fingerprint density at radius 3 is 2.33 bits per heavy atom. The molecule has 0 aromatic rings. The lowest BCUT2D eigenvalue weighted by molar-refractivity contribution is 0.266. The van der Waals surface area contributed by atoms with Crippen molar-refractivity contribution >= 4 is 21.8 Å². The van der Waals surface area contributed by atoms with Gasteiger partial charge >= 0.3 is 0 Å². The summed E-state index contributed by atoms with van der Waals surface area (Å²) < 4.78 is 28.1. The molecule has 1 heterocycles. The van der Waals surface area contributed by atoms with Crippen LogP contribution >= 0.6 is 11.6 Å². The fourth-order valence-electron chi connectivity index (χ4n) is 2.23. The molecule has 1 saturated heterocycles. The molecule has 0 saturated carbocycles. The maximum atomic E-state index is 12.4. The van der Waals surface area contributed by atoms with Crippen LogP contribution in [0.15, 0.2) is 0 Å². The van der Waals surface area contributed by atoms with Gasteiger partial charge in [0, 0.05) is 32.1 Å². The van der Waals surface area contributed by atoms with E-state index in [1.807, 2.05) is 6.92 Å². The van der Waals surface area contributed by atoms with Crippen LogP contribution in [0, 0.1) is 5.92 Å². The summed E-state index contributed by atoms with van der Waals surface area (Å²) in [6.07, 6.45) is 3.70. The summed E-state index contributed by atoms with van der Waals surface area (Å²) in [6.45, 7) is 6.39. The second-order valence-electron chi connectivity index (χ2n) is 4.85. The lowest BCUT2D eigenvalue weighted by atomic mass is 10.0. The predicted octanol–water partition coefficient (Wildman–Crippen LogP) is 2.30. The van der Waals surface area contributed by atoms with E-state index in [0.29, 0.717) is 38.0 Å². The van der Waals surface area contributed by atoms with Gasteiger partial charge in [0.15, 0.2) is 0 Å². The third kappa shape index (κ3) is 4.08. The van der Waals surface area contributed by atoms with Crippen molar-refractivity contribution in [3.63, 3.8) is 0 Å². The minimum absolute atomic E-state index is 0.476. The summed E-state index contributed by atoms with van der Waals surface area (Å²) in [5.74, 6) is 1.12. The molecular formula is C12H25ClN2O2S. The van der Waals surface area contributed by atoms with Gasteiger partial charge in [-0.05, 0) is 25.2 Å². The molecule has 18 heavy (non-hydrogen) atoms. The predicted molar refractivity (Wildman–Crippen MR) is 76.1 cm³/mol. The van der Waals surface area contributed by atoms with E-state index in [0.717, 1.165) is 25.7 Å². The highest BCUT2D eigenvalue weighted by Gasteiger charge is 2.31. The van der Waals surface area contributed by atoms with Crippen LogP contribution in [-0.2, 0) is 10.2 Å². The van der Waals surface area contributed by atoms with E-state index in [1.165, 1.54) is 0 Å². The first-order chi connectivity index (χ1) is 8.56. The van der Waals surface area contributed by atoms with Crippen molar-refractivity contribution in [2.24, 2.45) is 5.92 Å². The molecule has 1 aliphatic rings. The highest BCUT2D eigenvalue weighted by Crippen LogP contribution is 2.22. The van der Waals surface area contributed by atoms with E-state index in [4.69, 9.17) is 11.6 Å². The fraction of sp³-hybridized carbons (Fsp3) is 1.00. The Bertz CT molecular complexity index is 327. The Morgan fingerprint density at radius 2 is 1.89 bits per heavy atom. The van der Waals surface area contributed by atoms with Crippen molar-refractivity contribution in [1.82, 2.24) is 8.61 Å². The number of alkyl halides is 1. The molecule has 0 aromatic heterocycles. The molecule has 4 nitrogen and oxygen atoms in total. The summed E-state index contributed by atoms with van der Waals surface area (Å²) >= 11 is 5.82. The Balaban J connectivity index is 2.62. The van der Waals surface area contributed by atoms with Crippen LogP contribution in [0.5, 0.6) is 0 Å². The quantitative estimate of drug-likeness (QED) is 0.677. The highest BCUT2D eigenvalue weighted by molar-refractivity contribution is 7.86. The molecule has 0 spiro atoms.